The molecule has 3 rings (SSSR count). The summed E-state index contributed by atoms with van der Waals surface area (Å²) in [7, 11) is 1.65. The second-order valence-electron chi connectivity index (χ2n) is 6.06. The maximum atomic E-state index is 12.0. The first kappa shape index (κ1) is 19.1. The lowest BCUT2D eigenvalue weighted by atomic mass is 10.2. The van der Waals surface area contributed by atoms with Crippen LogP contribution in [0.15, 0.2) is 60.1 Å². The van der Waals surface area contributed by atoms with Crippen molar-refractivity contribution < 1.29 is 9.53 Å². The predicted octanol–water partition coefficient (Wildman–Crippen LogP) is 3.83. The number of ether oxygens (including phenoxy) is 1. The number of amides is 1. The van der Waals surface area contributed by atoms with Crippen LogP contribution in [-0.4, -0.2) is 35.9 Å². The van der Waals surface area contributed by atoms with E-state index in [1.807, 2.05) is 52.7 Å². The van der Waals surface area contributed by atoms with E-state index in [0.29, 0.717) is 19.7 Å². The van der Waals surface area contributed by atoms with E-state index in [2.05, 4.69) is 17.4 Å². The average molecular weight is 382 g/mol. The standard InChI is InChI=1S/C21H23N3O2S/c1-26-13-6-12-22-20(25)11-10-18-16-24(15-17-7-3-2-4-8-17)23-21(18)19-9-5-14-27-19/h2-5,7-11,14,16H,6,12-13,15H2,1H3,(H,22,25)/b11-10-. The van der Waals surface area contributed by atoms with Crippen molar-refractivity contribution in [1.82, 2.24) is 15.1 Å². The lowest BCUT2D eigenvalue weighted by Gasteiger charge is -2.00. The molecule has 0 radical (unpaired) electrons. The maximum absolute atomic E-state index is 12.0. The minimum absolute atomic E-state index is 0.112. The van der Waals surface area contributed by atoms with Crippen LogP contribution in [0, 0.1) is 0 Å². The van der Waals surface area contributed by atoms with Gasteiger partial charge in [0.25, 0.3) is 0 Å². The van der Waals surface area contributed by atoms with E-state index in [1.165, 1.54) is 5.56 Å². The smallest absolute Gasteiger partial charge is 0.244 e. The minimum Gasteiger partial charge on any atom is -0.385 e. The summed E-state index contributed by atoms with van der Waals surface area (Å²) in [6, 6.07) is 14.3. The third-order valence-corrected chi connectivity index (χ3v) is 4.85. The van der Waals surface area contributed by atoms with E-state index in [9.17, 15) is 4.79 Å². The Kier molecular flexibility index (Phi) is 6.96. The molecule has 0 aliphatic heterocycles. The van der Waals surface area contributed by atoms with E-state index in [-0.39, 0.29) is 5.91 Å². The van der Waals surface area contributed by atoms with Gasteiger partial charge in [0.05, 0.1) is 11.4 Å². The van der Waals surface area contributed by atoms with Gasteiger partial charge in [-0.1, -0.05) is 36.4 Å². The molecule has 0 fully saturated rings. The Hall–Kier alpha value is -2.70. The molecule has 0 unspecified atom stereocenters. The van der Waals surface area contributed by atoms with Gasteiger partial charge in [-0.3, -0.25) is 9.48 Å². The first-order valence-electron chi connectivity index (χ1n) is 8.86. The molecule has 2 aromatic heterocycles. The molecule has 6 heteroatoms. The second-order valence-corrected chi connectivity index (χ2v) is 7.01. The van der Waals surface area contributed by atoms with Crippen molar-refractivity contribution in [3.8, 4) is 10.6 Å². The number of methoxy groups -OCH3 is 1. The number of nitrogens with one attached hydrogen (secondary N) is 1. The fraction of sp³-hybridized carbons (Fsp3) is 0.238. The molecule has 1 amide bonds. The van der Waals surface area contributed by atoms with E-state index in [4.69, 9.17) is 9.84 Å². The molecule has 0 bridgehead atoms. The molecule has 0 saturated heterocycles. The average Bonchev–Trinajstić information content (AvgIpc) is 3.34. The van der Waals surface area contributed by atoms with Crippen molar-refractivity contribution in [3.05, 3.63) is 71.2 Å². The van der Waals surface area contributed by atoms with Crippen molar-refractivity contribution in [2.45, 2.75) is 13.0 Å². The summed E-state index contributed by atoms with van der Waals surface area (Å²) in [5, 5.41) is 9.63. The molecular weight excluding hydrogens is 358 g/mol. The number of rotatable bonds is 9. The van der Waals surface area contributed by atoms with E-state index in [0.717, 1.165) is 22.6 Å². The SMILES string of the molecule is COCCCNC(=O)/C=C\c1cn(Cc2ccccc2)nc1-c1cccs1. The molecule has 2 heterocycles. The predicted molar refractivity (Wildman–Crippen MR) is 110 cm³/mol. The number of hydrogen-bond acceptors (Lipinski definition) is 4. The Morgan fingerprint density at radius 2 is 2.11 bits per heavy atom. The van der Waals surface area contributed by atoms with Crippen LogP contribution in [0.2, 0.25) is 0 Å². The molecule has 0 aliphatic rings. The molecule has 0 aliphatic carbocycles. The normalized spacial score (nSPS) is 11.1. The number of thiophene rings is 1. The van der Waals surface area contributed by atoms with Crippen molar-refractivity contribution in [3.63, 3.8) is 0 Å². The van der Waals surface area contributed by atoms with Gasteiger partial charge < -0.3 is 10.1 Å². The maximum Gasteiger partial charge on any atom is 0.244 e. The highest BCUT2D eigenvalue weighted by atomic mass is 32.1. The Balaban J connectivity index is 1.74. The van der Waals surface area contributed by atoms with Gasteiger partial charge in [-0.2, -0.15) is 5.10 Å². The van der Waals surface area contributed by atoms with Crippen LogP contribution in [0.1, 0.15) is 17.5 Å². The number of aromatic nitrogens is 2. The molecule has 0 saturated carbocycles. The van der Waals surface area contributed by atoms with Crippen LogP contribution < -0.4 is 5.32 Å². The Morgan fingerprint density at radius 3 is 2.85 bits per heavy atom. The van der Waals surface area contributed by atoms with Gasteiger partial charge in [-0.25, -0.2) is 0 Å². The summed E-state index contributed by atoms with van der Waals surface area (Å²) < 4.78 is 6.90. The highest BCUT2D eigenvalue weighted by Crippen LogP contribution is 2.27. The van der Waals surface area contributed by atoms with Gasteiger partial charge in [-0.05, 0) is 29.5 Å². The Bertz CT molecular complexity index is 870. The summed E-state index contributed by atoms with van der Waals surface area (Å²) in [4.78, 5) is 13.1. The zero-order valence-electron chi connectivity index (χ0n) is 15.3. The summed E-state index contributed by atoms with van der Waals surface area (Å²) in [6.45, 7) is 1.93. The van der Waals surface area contributed by atoms with Gasteiger partial charge in [-0.15, -0.1) is 11.3 Å². The molecule has 3 aromatic rings. The largest absolute Gasteiger partial charge is 0.385 e. The Labute approximate surface area is 163 Å². The van der Waals surface area contributed by atoms with Gasteiger partial charge in [0, 0.05) is 38.1 Å². The molecule has 0 atom stereocenters. The molecule has 1 aromatic carbocycles. The summed E-state index contributed by atoms with van der Waals surface area (Å²) >= 11 is 1.64. The Morgan fingerprint density at radius 1 is 1.26 bits per heavy atom. The van der Waals surface area contributed by atoms with Crippen LogP contribution in [0.3, 0.4) is 0 Å². The molecular formula is C21H23N3O2S. The van der Waals surface area contributed by atoms with E-state index in [1.54, 1.807) is 24.5 Å². The van der Waals surface area contributed by atoms with Gasteiger partial charge in [0.15, 0.2) is 0 Å². The van der Waals surface area contributed by atoms with Crippen LogP contribution >= 0.6 is 11.3 Å². The lowest BCUT2D eigenvalue weighted by Crippen LogP contribution is -2.22. The van der Waals surface area contributed by atoms with Crippen LogP contribution in [0.5, 0.6) is 0 Å². The fourth-order valence-electron chi connectivity index (χ4n) is 2.67. The van der Waals surface area contributed by atoms with Crippen LogP contribution in [0.4, 0.5) is 0 Å². The monoisotopic (exact) mass is 381 g/mol. The van der Waals surface area contributed by atoms with Crippen LogP contribution in [-0.2, 0) is 16.1 Å². The van der Waals surface area contributed by atoms with E-state index < -0.39 is 0 Å². The number of carbonyl (C=O) groups is 1. The lowest BCUT2D eigenvalue weighted by molar-refractivity contribution is -0.116. The number of hydrogen-bond donors (Lipinski definition) is 1. The van der Waals surface area contributed by atoms with Crippen molar-refractivity contribution >= 4 is 23.3 Å². The van der Waals surface area contributed by atoms with Gasteiger partial charge >= 0.3 is 0 Å². The second kappa shape index (κ2) is 9.85. The fourth-order valence-corrected chi connectivity index (χ4v) is 3.40. The van der Waals surface area contributed by atoms with E-state index >= 15 is 0 Å². The third kappa shape index (κ3) is 5.64. The molecule has 27 heavy (non-hydrogen) atoms. The number of nitrogens with zero attached hydrogens (tertiary/aromatic N) is 2. The zero-order chi connectivity index (χ0) is 18.9. The first-order chi connectivity index (χ1) is 13.3. The zero-order valence-corrected chi connectivity index (χ0v) is 16.1. The van der Waals surface area contributed by atoms with Crippen molar-refractivity contribution in [2.24, 2.45) is 0 Å². The quantitative estimate of drug-likeness (QED) is 0.453. The topological polar surface area (TPSA) is 56.1 Å². The summed E-state index contributed by atoms with van der Waals surface area (Å²) in [5.41, 5.74) is 3.01. The van der Waals surface area contributed by atoms with Crippen molar-refractivity contribution in [2.75, 3.05) is 20.3 Å². The van der Waals surface area contributed by atoms with Crippen LogP contribution in [0.25, 0.3) is 16.6 Å². The third-order valence-electron chi connectivity index (χ3n) is 3.97. The number of carbonyl (C=O) groups excluding carboxylic acids is 1. The molecule has 1 N–H and O–H groups in total. The first-order valence-corrected chi connectivity index (χ1v) is 9.74. The highest BCUT2D eigenvalue weighted by molar-refractivity contribution is 7.13. The molecule has 0 spiro atoms. The summed E-state index contributed by atoms with van der Waals surface area (Å²) in [5.74, 6) is -0.112. The van der Waals surface area contributed by atoms with Crippen molar-refractivity contribution in [1.29, 1.82) is 0 Å². The minimum atomic E-state index is -0.112. The molecule has 140 valence electrons. The van der Waals surface area contributed by atoms with Gasteiger partial charge in [0.1, 0.15) is 5.69 Å². The number of benzene rings is 1. The van der Waals surface area contributed by atoms with Gasteiger partial charge in [0.2, 0.25) is 5.91 Å². The molecule has 5 nitrogen and oxygen atoms in total. The summed E-state index contributed by atoms with van der Waals surface area (Å²) in [6.07, 6.45) is 6.17. The highest BCUT2D eigenvalue weighted by Gasteiger charge is 2.11.